The average molecular weight is 100 g/mol. The van der Waals surface area contributed by atoms with Crippen molar-refractivity contribution in [1.29, 1.82) is 0 Å². The zero-order chi connectivity index (χ0) is 5.54. The largest absolute Gasteiger partial charge is 0.390 e. The van der Waals surface area contributed by atoms with Gasteiger partial charge in [0, 0.05) is 6.54 Å². The average Bonchev–Trinajstić information content (AvgIpc) is 1.69. The Hall–Kier alpha value is -0.530. The summed E-state index contributed by atoms with van der Waals surface area (Å²) in [5.74, 6) is 0. The van der Waals surface area contributed by atoms with E-state index in [-0.39, 0.29) is 0 Å². The summed E-state index contributed by atoms with van der Waals surface area (Å²) in [7, 11) is 0. The van der Waals surface area contributed by atoms with Gasteiger partial charge in [-0.05, 0) is 6.42 Å². The van der Waals surface area contributed by atoms with Crippen molar-refractivity contribution >= 4 is 6.34 Å². The molecule has 0 aliphatic rings. The number of hydrogen-bond donors (Lipinski definition) is 1. The van der Waals surface area contributed by atoms with Gasteiger partial charge < -0.3 is 5.73 Å². The van der Waals surface area contributed by atoms with Crippen molar-refractivity contribution in [3.8, 4) is 0 Å². The summed E-state index contributed by atoms with van der Waals surface area (Å²) in [5, 5.41) is 0. The molecule has 0 rings (SSSR count). The maximum absolute atomic E-state index is 4.98. The van der Waals surface area contributed by atoms with Gasteiger partial charge in [-0.25, -0.2) is 0 Å². The number of unbranched alkanes of at least 4 members (excludes halogenated alkanes) is 1. The molecule has 2 nitrogen and oxygen atoms in total. The van der Waals surface area contributed by atoms with Crippen LogP contribution >= 0.6 is 0 Å². The molecule has 0 unspecified atom stereocenters. The fourth-order valence-corrected chi connectivity index (χ4v) is 0.324. The lowest BCUT2D eigenvalue weighted by Gasteiger charge is -1.84. The van der Waals surface area contributed by atoms with Gasteiger partial charge in [0.2, 0.25) is 0 Å². The van der Waals surface area contributed by atoms with E-state index >= 15 is 0 Å². The topological polar surface area (TPSA) is 38.4 Å². The summed E-state index contributed by atoms with van der Waals surface area (Å²) in [6.07, 6.45) is 3.70. The quantitative estimate of drug-likeness (QED) is 0.317. The molecule has 0 aromatic heterocycles. The molecule has 0 spiro atoms. The van der Waals surface area contributed by atoms with Crippen LogP contribution in [0.25, 0.3) is 0 Å². The number of nitrogens with two attached hydrogens (primary N) is 1. The SMILES string of the molecule is CCCCN=CN. The first-order valence-corrected chi connectivity index (χ1v) is 2.61. The second kappa shape index (κ2) is 5.47. The van der Waals surface area contributed by atoms with E-state index in [4.69, 9.17) is 5.73 Å². The van der Waals surface area contributed by atoms with E-state index in [2.05, 4.69) is 11.9 Å². The Morgan fingerprint density at radius 1 is 1.71 bits per heavy atom. The van der Waals surface area contributed by atoms with Gasteiger partial charge in [0.1, 0.15) is 0 Å². The van der Waals surface area contributed by atoms with Gasteiger partial charge >= 0.3 is 0 Å². The Morgan fingerprint density at radius 2 is 2.43 bits per heavy atom. The molecule has 0 bridgehead atoms. The molecule has 0 fully saturated rings. The summed E-state index contributed by atoms with van der Waals surface area (Å²) >= 11 is 0. The second-order valence-corrected chi connectivity index (χ2v) is 1.41. The molecular weight excluding hydrogens is 88.1 g/mol. The molecule has 0 heterocycles. The third-order valence-electron chi connectivity index (χ3n) is 0.746. The van der Waals surface area contributed by atoms with E-state index in [1.165, 1.54) is 12.8 Å². The smallest absolute Gasteiger partial charge is 0.0797 e. The highest BCUT2D eigenvalue weighted by atomic mass is 14.8. The number of nitrogens with zero attached hydrogens (tertiary/aromatic N) is 1. The first kappa shape index (κ1) is 6.47. The van der Waals surface area contributed by atoms with Crippen LogP contribution in [-0.2, 0) is 0 Å². The molecule has 2 heteroatoms. The van der Waals surface area contributed by atoms with E-state index in [0.29, 0.717) is 0 Å². The fraction of sp³-hybridized carbons (Fsp3) is 0.800. The maximum atomic E-state index is 4.98. The maximum Gasteiger partial charge on any atom is 0.0797 e. The summed E-state index contributed by atoms with van der Waals surface area (Å²) in [6.45, 7) is 3.01. The Labute approximate surface area is 44.4 Å². The second-order valence-electron chi connectivity index (χ2n) is 1.41. The molecule has 7 heavy (non-hydrogen) atoms. The fourth-order valence-electron chi connectivity index (χ4n) is 0.324. The number of rotatable bonds is 3. The normalized spacial score (nSPS) is 10.4. The van der Waals surface area contributed by atoms with Gasteiger partial charge in [0.05, 0.1) is 6.34 Å². The minimum atomic E-state index is 0.882. The van der Waals surface area contributed by atoms with Crippen molar-refractivity contribution in [2.24, 2.45) is 10.7 Å². The van der Waals surface area contributed by atoms with Crippen LogP contribution in [0.5, 0.6) is 0 Å². The van der Waals surface area contributed by atoms with Crippen molar-refractivity contribution in [2.45, 2.75) is 19.8 Å². The van der Waals surface area contributed by atoms with Crippen molar-refractivity contribution < 1.29 is 0 Å². The van der Waals surface area contributed by atoms with Crippen LogP contribution < -0.4 is 5.73 Å². The van der Waals surface area contributed by atoms with Crippen molar-refractivity contribution in [3.05, 3.63) is 0 Å². The molecule has 0 aliphatic carbocycles. The van der Waals surface area contributed by atoms with E-state index < -0.39 is 0 Å². The Balaban J connectivity index is 2.69. The first-order chi connectivity index (χ1) is 3.41. The summed E-state index contributed by atoms with van der Waals surface area (Å²) in [4.78, 5) is 3.81. The van der Waals surface area contributed by atoms with Crippen LogP contribution in [0, 0.1) is 0 Å². The van der Waals surface area contributed by atoms with Crippen LogP contribution in [0.3, 0.4) is 0 Å². The molecule has 0 saturated heterocycles. The number of aliphatic imine (C=N–C) groups is 1. The third-order valence-corrected chi connectivity index (χ3v) is 0.746. The van der Waals surface area contributed by atoms with Gasteiger partial charge in [0.25, 0.3) is 0 Å². The lowest BCUT2D eigenvalue weighted by Crippen LogP contribution is -1.89. The monoisotopic (exact) mass is 100 g/mol. The van der Waals surface area contributed by atoms with Crippen LogP contribution in [0.4, 0.5) is 0 Å². The van der Waals surface area contributed by atoms with E-state index in [1.54, 1.807) is 0 Å². The summed E-state index contributed by atoms with van der Waals surface area (Å²) < 4.78 is 0. The lowest BCUT2D eigenvalue weighted by atomic mass is 10.3. The summed E-state index contributed by atoms with van der Waals surface area (Å²) in [6, 6.07) is 0. The molecule has 2 N–H and O–H groups in total. The highest BCUT2D eigenvalue weighted by Gasteiger charge is 1.73. The summed E-state index contributed by atoms with van der Waals surface area (Å²) in [5.41, 5.74) is 4.98. The molecule has 0 atom stereocenters. The minimum Gasteiger partial charge on any atom is -0.390 e. The molecule has 0 saturated carbocycles. The zero-order valence-corrected chi connectivity index (χ0v) is 4.72. The predicted octanol–water partition coefficient (Wildman–Crippen LogP) is 0.774. The van der Waals surface area contributed by atoms with E-state index in [1.807, 2.05) is 0 Å². The van der Waals surface area contributed by atoms with Gasteiger partial charge in [-0.2, -0.15) is 0 Å². The molecule has 42 valence electrons. The van der Waals surface area contributed by atoms with Gasteiger partial charge in [-0.3, -0.25) is 4.99 Å². The van der Waals surface area contributed by atoms with Crippen LogP contribution in [0.2, 0.25) is 0 Å². The van der Waals surface area contributed by atoms with Gasteiger partial charge in [0.15, 0.2) is 0 Å². The molecular formula is C5H12N2. The van der Waals surface area contributed by atoms with Crippen LogP contribution in [-0.4, -0.2) is 12.9 Å². The van der Waals surface area contributed by atoms with Crippen LogP contribution in [0.15, 0.2) is 4.99 Å². The highest BCUT2D eigenvalue weighted by molar-refractivity contribution is 5.50. The Morgan fingerprint density at radius 3 is 2.86 bits per heavy atom. The van der Waals surface area contributed by atoms with E-state index in [9.17, 15) is 0 Å². The van der Waals surface area contributed by atoms with Crippen molar-refractivity contribution in [2.75, 3.05) is 6.54 Å². The van der Waals surface area contributed by atoms with Crippen molar-refractivity contribution in [1.82, 2.24) is 0 Å². The molecule has 0 amide bonds. The Bertz CT molecular complexity index is 50.0. The third kappa shape index (κ3) is 5.47. The highest BCUT2D eigenvalue weighted by Crippen LogP contribution is 1.83. The first-order valence-electron chi connectivity index (χ1n) is 2.61. The molecule has 0 radical (unpaired) electrons. The predicted molar refractivity (Wildman–Crippen MR) is 32.5 cm³/mol. The zero-order valence-electron chi connectivity index (χ0n) is 4.72. The van der Waals surface area contributed by atoms with Gasteiger partial charge in [-0.15, -0.1) is 0 Å². The molecule has 0 aliphatic heterocycles. The molecule has 0 aromatic carbocycles. The van der Waals surface area contributed by atoms with Crippen LogP contribution in [0.1, 0.15) is 19.8 Å². The number of hydrogen-bond acceptors (Lipinski definition) is 1. The standard InChI is InChI=1S/C5H12N2/c1-2-3-4-7-5-6/h5H,2-4H2,1H3,(H2,6,7). The lowest BCUT2D eigenvalue weighted by molar-refractivity contribution is 0.809. The van der Waals surface area contributed by atoms with E-state index in [0.717, 1.165) is 13.0 Å². The van der Waals surface area contributed by atoms with Crippen molar-refractivity contribution in [3.63, 3.8) is 0 Å². The Kier molecular flexibility index (Phi) is 5.06. The van der Waals surface area contributed by atoms with Gasteiger partial charge in [-0.1, -0.05) is 13.3 Å². The molecule has 0 aromatic rings. The minimum absolute atomic E-state index is 0.882.